The second kappa shape index (κ2) is 5.39. The van der Waals surface area contributed by atoms with E-state index in [0.717, 1.165) is 10.8 Å². The van der Waals surface area contributed by atoms with Gasteiger partial charge in [0.25, 0.3) is 0 Å². The standard InChI is InChI=1S/C9H12N2O2S/c1-3-13-8(12)4-5-10-9-11-7(2)6-14-9/h4-6H,3H2,1-2H3,(H,10,11)/b5-4+. The average Bonchev–Trinajstić information content (AvgIpc) is 2.52. The lowest BCUT2D eigenvalue weighted by Gasteiger charge is -1.95. The summed E-state index contributed by atoms with van der Waals surface area (Å²) in [6, 6.07) is 0. The van der Waals surface area contributed by atoms with Gasteiger partial charge in [-0.2, -0.15) is 0 Å². The minimum Gasteiger partial charge on any atom is -0.463 e. The highest BCUT2D eigenvalue weighted by molar-refractivity contribution is 7.13. The first kappa shape index (κ1) is 10.7. The zero-order chi connectivity index (χ0) is 10.4. The van der Waals surface area contributed by atoms with Gasteiger partial charge in [0.05, 0.1) is 12.3 Å². The first-order valence-corrected chi connectivity index (χ1v) is 5.12. The van der Waals surface area contributed by atoms with E-state index in [-0.39, 0.29) is 5.97 Å². The number of carbonyl (C=O) groups is 1. The summed E-state index contributed by atoms with van der Waals surface area (Å²) >= 11 is 1.49. The Morgan fingerprint density at radius 2 is 2.57 bits per heavy atom. The Morgan fingerprint density at radius 1 is 1.79 bits per heavy atom. The third-order valence-electron chi connectivity index (χ3n) is 1.33. The van der Waals surface area contributed by atoms with E-state index in [1.807, 2.05) is 12.3 Å². The van der Waals surface area contributed by atoms with Crippen LogP contribution in [0.2, 0.25) is 0 Å². The molecular formula is C9H12N2O2S. The predicted molar refractivity (Wildman–Crippen MR) is 56.2 cm³/mol. The van der Waals surface area contributed by atoms with Gasteiger partial charge in [0, 0.05) is 17.7 Å². The molecule has 0 saturated carbocycles. The number of rotatable bonds is 4. The van der Waals surface area contributed by atoms with Crippen molar-refractivity contribution in [1.29, 1.82) is 0 Å². The molecule has 0 bridgehead atoms. The summed E-state index contributed by atoms with van der Waals surface area (Å²) in [4.78, 5) is 15.0. The van der Waals surface area contributed by atoms with Gasteiger partial charge in [-0.15, -0.1) is 11.3 Å². The van der Waals surface area contributed by atoms with Crippen molar-refractivity contribution in [2.24, 2.45) is 0 Å². The summed E-state index contributed by atoms with van der Waals surface area (Å²) in [5.41, 5.74) is 0.960. The Labute approximate surface area is 86.6 Å². The van der Waals surface area contributed by atoms with Gasteiger partial charge in [-0.25, -0.2) is 9.78 Å². The van der Waals surface area contributed by atoms with Gasteiger partial charge in [0.15, 0.2) is 5.13 Å². The van der Waals surface area contributed by atoms with E-state index in [9.17, 15) is 4.79 Å². The molecule has 1 N–H and O–H groups in total. The Hall–Kier alpha value is -1.36. The number of nitrogens with one attached hydrogen (secondary N) is 1. The normalized spacial score (nSPS) is 10.4. The Balaban J connectivity index is 2.36. The summed E-state index contributed by atoms with van der Waals surface area (Å²) in [6.45, 7) is 4.07. The highest BCUT2D eigenvalue weighted by Crippen LogP contribution is 2.13. The number of aryl methyl sites for hydroxylation is 1. The predicted octanol–water partition coefficient (Wildman–Crippen LogP) is 1.94. The van der Waals surface area contributed by atoms with Crippen LogP contribution < -0.4 is 5.32 Å². The topological polar surface area (TPSA) is 51.2 Å². The molecule has 0 unspecified atom stereocenters. The van der Waals surface area contributed by atoms with Crippen LogP contribution in [0.1, 0.15) is 12.6 Å². The van der Waals surface area contributed by atoms with Crippen molar-refractivity contribution < 1.29 is 9.53 Å². The number of esters is 1. The van der Waals surface area contributed by atoms with E-state index in [4.69, 9.17) is 4.74 Å². The number of hydrogen-bond acceptors (Lipinski definition) is 5. The Morgan fingerprint density at radius 3 is 3.14 bits per heavy atom. The van der Waals surface area contributed by atoms with Crippen molar-refractivity contribution >= 4 is 22.4 Å². The molecule has 1 heterocycles. The molecule has 0 aliphatic rings. The zero-order valence-corrected chi connectivity index (χ0v) is 8.93. The third kappa shape index (κ3) is 3.57. The van der Waals surface area contributed by atoms with Crippen LogP contribution in [-0.2, 0) is 9.53 Å². The second-order valence-corrected chi connectivity index (χ2v) is 3.38. The van der Waals surface area contributed by atoms with Crippen LogP contribution in [0.25, 0.3) is 0 Å². The monoisotopic (exact) mass is 212 g/mol. The maximum atomic E-state index is 10.9. The molecule has 0 aliphatic heterocycles. The van der Waals surface area contributed by atoms with Crippen LogP contribution >= 0.6 is 11.3 Å². The highest BCUT2D eigenvalue weighted by Gasteiger charge is 1.95. The van der Waals surface area contributed by atoms with Crippen LogP contribution in [0, 0.1) is 6.92 Å². The largest absolute Gasteiger partial charge is 0.463 e. The number of hydrogen-bond donors (Lipinski definition) is 1. The molecule has 0 aliphatic carbocycles. The first-order valence-electron chi connectivity index (χ1n) is 4.24. The van der Waals surface area contributed by atoms with Gasteiger partial charge in [0.2, 0.25) is 0 Å². The minimum absolute atomic E-state index is 0.353. The first-order chi connectivity index (χ1) is 6.72. The molecule has 4 nitrogen and oxygen atoms in total. The van der Waals surface area contributed by atoms with Crippen LogP contribution in [0.4, 0.5) is 5.13 Å². The van der Waals surface area contributed by atoms with Crippen LogP contribution in [0.15, 0.2) is 17.7 Å². The summed E-state index contributed by atoms with van der Waals surface area (Å²) in [6.07, 6.45) is 2.86. The Bertz CT molecular complexity index is 333. The highest BCUT2D eigenvalue weighted by atomic mass is 32.1. The van der Waals surface area contributed by atoms with E-state index in [1.54, 1.807) is 6.92 Å². The smallest absolute Gasteiger partial charge is 0.332 e. The molecule has 5 heteroatoms. The maximum Gasteiger partial charge on any atom is 0.332 e. The van der Waals surface area contributed by atoms with Gasteiger partial charge in [0.1, 0.15) is 0 Å². The zero-order valence-electron chi connectivity index (χ0n) is 8.11. The fourth-order valence-corrected chi connectivity index (χ4v) is 1.46. The maximum absolute atomic E-state index is 10.9. The van der Waals surface area contributed by atoms with E-state index in [0.29, 0.717) is 6.61 Å². The minimum atomic E-state index is -0.353. The summed E-state index contributed by atoms with van der Waals surface area (Å²) < 4.78 is 4.70. The van der Waals surface area contributed by atoms with Crippen LogP contribution in [0.3, 0.4) is 0 Å². The quantitative estimate of drug-likeness (QED) is 0.612. The fraction of sp³-hybridized carbons (Fsp3) is 0.333. The number of carbonyl (C=O) groups excluding carboxylic acids is 1. The Kier molecular flexibility index (Phi) is 4.12. The van der Waals surface area contributed by atoms with Crippen molar-refractivity contribution in [1.82, 2.24) is 4.98 Å². The molecular weight excluding hydrogens is 200 g/mol. The SMILES string of the molecule is CCOC(=O)/C=C/Nc1nc(C)cs1. The van der Waals surface area contributed by atoms with Gasteiger partial charge in [-0.1, -0.05) is 0 Å². The molecule has 76 valence electrons. The lowest BCUT2D eigenvalue weighted by molar-refractivity contribution is -0.137. The molecule has 0 fully saturated rings. The third-order valence-corrected chi connectivity index (χ3v) is 2.22. The van der Waals surface area contributed by atoms with E-state index < -0.39 is 0 Å². The summed E-state index contributed by atoms with van der Waals surface area (Å²) in [5, 5.41) is 5.58. The van der Waals surface area contributed by atoms with Crippen LogP contribution in [-0.4, -0.2) is 17.6 Å². The number of aromatic nitrogens is 1. The van der Waals surface area contributed by atoms with Crippen molar-refractivity contribution in [2.45, 2.75) is 13.8 Å². The number of nitrogens with zero attached hydrogens (tertiary/aromatic N) is 1. The molecule has 1 aromatic rings. The summed E-state index contributed by atoms with van der Waals surface area (Å²) in [5.74, 6) is -0.353. The number of thiazole rings is 1. The number of ether oxygens (including phenoxy) is 1. The van der Waals surface area contributed by atoms with Gasteiger partial charge in [-0.3, -0.25) is 0 Å². The van der Waals surface area contributed by atoms with Gasteiger partial charge < -0.3 is 10.1 Å². The van der Waals surface area contributed by atoms with E-state index in [1.165, 1.54) is 23.6 Å². The molecule has 0 amide bonds. The molecule has 0 atom stereocenters. The molecule has 0 saturated heterocycles. The lowest BCUT2D eigenvalue weighted by atomic mass is 10.6. The summed E-state index contributed by atoms with van der Waals surface area (Å²) in [7, 11) is 0. The van der Waals surface area contributed by atoms with Crippen molar-refractivity contribution in [3.63, 3.8) is 0 Å². The van der Waals surface area contributed by atoms with Crippen molar-refractivity contribution in [3.05, 3.63) is 23.3 Å². The number of anilines is 1. The molecule has 0 spiro atoms. The van der Waals surface area contributed by atoms with Crippen molar-refractivity contribution in [2.75, 3.05) is 11.9 Å². The van der Waals surface area contributed by atoms with Crippen LogP contribution in [0.5, 0.6) is 0 Å². The fourth-order valence-electron chi connectivity index (χ4n) is 0.792. The average molecular weight is 212 g/mol. The molecule has 0 radical (unpaired) electrons. The molecule has 0 aromatic carbocycles. The molecule has 1 rings (SSSR count). The van der Waals surface area contributed by atoms with E-state index in [2.05, 4.69) is 10.3 Å². The molecule has 14 heavy (non-hydrogen) atoms. The molecule has 1 aromatic heterocycles. The second-order valence-electron chi connectivity index (χ2n) is 2.52. The van der Waals surface area contributed by atoms with E-state index >= 15 is 0 Å². The van der Waals surface area contributed by atoms with Gasteiger partial charge >= 0.3 is 5.97 Å². The van der Waals surface area contributed by atoms with Crippen molar-refractivity contribution in [3.8, 4) is 0 Å². The van der Waals surface area contributed by atoms with Gasteiger partial charge in [-0.05, 0) is 13.8 Å². The lowest BCUT2D eigenvalue weighted by Crippen LogP contribution is -2.00.